The van der Waals surface area contributed by atoms with Crippen molar-refractivity contribution in [1.29, 1.82) is 0 Å². The first-order valence-electron chi connectivity index (χ1n) is 11.1. The number of aryl methyl sites for hydroxylation is 2. The van der Waals surface area contributed by atoms with Crippen LogP contribution < -0.4 is 10.6 Å². The molecule has 3 aromatic rings. The van der Waals surface area contributed by atoms with Gasteiger partial charge in [0.1, 0.15) is 10.0 Å². The minimum atomic E-state index is 0.503. The van der Waals surface area contributed by atoms with E-state index in [1.54, 1.807) is 17.6 Å². The van der Waals surface area contributed by atoms with Crippen LogP contribution in [-0.4, -0.2) is 45.6 Å². The lowest BCUT2D eigenvalue weighted by Gasteiger charge is -2.24. The summed E-state index contributed by atoms with van der Waals surface area (Å²) in [6, 6.07) is 6.60. The van der Waals surface area contributed by atoms with E-state index in [1.807, 2.05) is 32.2 Å². The molecule has 8 heteroatoms. The van der Waals surface area contributed by atoms with Crippen molar-refractivity contribution in [3.8, 4) is 0 Å². The van der Waals surface area contributed by atoms with Gasteiger partial charge in [0, 0.05) is 24.2 Å². The van der Waals surface area contributed by atoms with E-state index in [1.165, 1.54) is 43.5 Å². The summed E-state index contributed by atoms with van der Waals surface area (Å²) in [4.78, 5) is 8.95. The van der Waals surface area contributed by atoms with Gasteiger partial charge in [-0.25, -0.2) is 0 Å². The normalized spacial score (nSPS) is 18.6. The Morgan fingerprint density at radius 3 is 2.52 bits per heavy atom. The number of hydrogen-bond donors (Lipinski definition) is 3. The molecule has 0 aromatic carbocycles. The molecular formula is C23H34N6S2. The minimum absolute atomic E-state index is 0.503. The zero-order chi connectivity index (χ0) is 22.1. The van der Waals surface area contributed by atoms with E-state index in [4.69, 9.17) is 0 Å². The third-order valence-electron chi connectivity index (χ3n) is 5.59. The van der Waals surface area contributed by atoms with E-state index in [2.05, 4.69) is 49.5 Å². The monoisotopic (exact) mass is 458 g/mol. The van der Waals surface area contributed by atoms with Gasteiger partial charge in [-0.1, -0.05) is 12.8 Å². The highest BCUT2D eigenvalue weighted by molar-refractivity contribution is 7.79. The number of nitrogens with zero attached hydrogens (tertiary/aromatic N) is 4. The Kier molecular flexibility index (Phi) is 9.49. The number of hydrogen-bond acceptors (Lipinski definition) is 8. The molecule has 2 fully saturated rings. The quantitative estimate of drug-likeness (QED) is 0.471. The Balaban J connectivity index is 0.000000179. The zero-order valence-electron chi connectivity index (χ0n) is 18.8. The van der Waals surface area contributed by atoms with Gasteiger partial charge in [0.25, 0.3) is 0 Å². The molecule has 1 aliphatic heterocycles. The van der Waals surface area contributed by atoms with Crippen molar-refractivity contribution >= 4 is 40.7 Å². The first-order chi connectivity index (χ1) is 15.2. The Labute approximate surface area is 195 Å². The van der Waals surface area contributed by atoms with Crippen LogP contribution in [0.15, 0.2) is 24.4 Å². The second-order valence-corrected chi connectivity index (χ2v) is 9.26. The molecule has 31 heavy (non-hydrogen) atoms. The summed E-state index contributed by atoms with van der Waals surface area (Å²) in [6.07, 6.45) is 11.5. The van der Waals surface area contributed by atoms with E-state index < -0.39 is 0 Å². The van der Waals surface area contributed by atoms with Crippen molar-refractivity contribution in [3.05, 3.63) is 40.1 Å². The second-order valence-electron chi connectivity index (χ2n) is 8.04. The molecule has 0 amide bonds. The number of rotatable bonds is 3. The first kappa shape index (κ1) is 23.9. The molecule has 168 valence electrons. The fourth-order valence-electron chi connectivity index (χ4n) is 4.05. The fourth-order valence-corrected chi connectivity index (χ4v) is 4.92. The van der Waals surface area contributed by atoms with Gasteiger partial charge in [0.15, 0.2) is 0 Å². The van der Waals surface area contributed by atoms with Crippen LogP contribution in [0.3, 0.4) is 0 Å². The lowest BCUT2D eigenvalue weighted by Crippen LogP contribution is -2.38. The van der Waals surface area contributed by atoms with Crippen LogP contribution in [0.5, 0.6) is 0 Å². The lowest BCUT2D eigenvalue weighted by molar-refractivity contribution is 0.480. The van der Waals surface area contributed by atoms with E-state index in [-0.39, 0.29) is 0 Å². The van der Waals surface area contributed by atoms with E-state index in [0.29, 0.717) is 6.04 Å². The summed E-state index contributed by atoms with van der Waals surface area (Å²) in [5.74, 6) is 0.737. The second kappa shape index (κ2) is 12.3. The molecule has 2 N–H and O–H groups in total. The average molecular weight is 459 g/mol. The van der Waals surface area contributed by atoms with Gasteiger partial charge in [0.05, 0.1) is 22.9 Å². The van der Waals surface area contributed by atoms with Crippen LogP contribution in [0.1, 0.15) is 60.2 Å². The lowest BCUT2D eigenvalue weighted by atomic mass is 10.1. The average Bonchev–Trinajstić information content (AvgIpc) is 3.48. The highest BCUT2D eigenvalue weighted by atomic mass is 32.1. The molecule has 1 saturated heterocycles. The summed E-state index contributed by atoms with van der Waals surface area (Å²) in [5.41, 5.74) is 4.01. The fraction of sp³-hybridized carbons (Fsp3) is 0.565. The molecular weight excluding hydrogens is 424 g/mol. The van der Waals surface area contributed by atoms with Gasteiger partial charge in [0.2, 0.25) is 0 Å². The molecule has 1 unspecified atom stereocenters. The molecule has 2 aliphatic rings. The molecule has 5 rings (SSSR count). The van der Waals surface area contributed by atoms with Gasteiger partial charge in [-0.15, -0.1) is 21.5 Å². The molecule has 6 nitrogen and oxygen atoms in total. The molecule has 0 bridgehead atoms. The molecule has 0 radical (unpaired) electrons. The minimum Gasteiger partial charge on any atom is -0.380 e. The number of piperidine rings is 1. The standard InChI is InChI=1S/C14H18N4.C8H12N2S.CH4S/c1-10-4-5-13-14(17-10)7-12(9-16-13)18-11-3-2-6-15-8-11;1-6-9-10-8(11-6)7-4-2-3-5-7;1-2/h4-5,7,9,11,15,18H,2-3,6,8H2,1H3;7H,2-5H2,1H3;2H,1H3. The van der Waals surface area contributed by atoms with Gasteiger partial charge >= 0.3 is 0 Å². The molecule has 1 saturated carbocycles. The molecule has 4 heterocycles. The number of nitrogens with one attached hydrogen (secondary N) is 2. The summed E-state index contributed by atoms with van der Waals surface area (Å²) in [6.45, 7) is 6.19. The molecule has 1 atom stereocenters. The number of thiol groups is 1. The van der Waals surface area contributed by atoms with Crippen LogP contribution in [0.4, 0.5) is 5.69 Å². The summed E-state index contributed by atoms with van der Waals surface area (Å²) < 4.78 is 0. The highest BCUT2D eigenvalue weighted by Crippen LogP contribution is 2.35. The summed E-state index contributed by atoms with van der Waals surface area (Å²) >= 11 is 5.29. The Bertz CT molecular complexity index is 933. The maximum atomic E-state index is 4.51. The largest absolute Gasteiger partial charge is 0.380 e. The van der Waals surface area contributed by atoms with Crippen LogP contribution in [0.25, 0.3) is 11.0 Å². The zero-order valence-corrected chi connectivity index (χ0v) is 20.5. The number of aromatic nitrogens is 4. The first-order valence-corrected chi connectivity index (χ1v) is 12.8. The Hall–Kier alpha value is -1.77. The van der Waals surface area contributed by atoms with Crippen molar-refractivity contribution < 1.29 is 0 Å². The molecule has 3 aromatic heterocycles. The van der Waals surface area contributed by atoms with Gasteiger partial charge < -0.3 is 10.6 Å². The Morgan fingerprint density at radius 1 is 1.03 bits per heavy atom. The Morgan fingerprint density at radius 2 is 1.84 bits per heavy atom. The third kappa shape index (κ3) is 7.12. The number of anilines is 1. The number of pyridine rings is 2. The maximum absolute atomic E-state index is 4.51. The van der Waals surface area contributed by atoms with Crippen molar-refractivity contribution in [2.24, 2.45) is 0 Å². The topological polar surface area (TPSA) is 75.6 Å². The van der Waals surface area contributed by atoms with E-state index in [0.717, 1.165) is 46.4 Å². The van der Waals surface area contributed by atoms with Crippen LogP contribution in [0.2, 0.25) is 0 Å². The van der Waals surface area contributed by atoms with E-state index in [9.17, 15) is 0 Å². The van der Waals surface area contributed by atoms with Crippen LogP contribution in [-0.2, 0) is 0 Å². The van der Waals surface area contributed by atoms with Crippen LogP contribution in [0, 0.1) is 13.8 Å². The van der Waals surface area contributed by atoms with Gasteiger partial charge in [-0.3, -0.25) is 9.97 Å². The van der Waals surface area contributed by atoms with Gasteiger partial charge in [-0.05, 0) is 70.5 Å². The van der Waals surface area contributed by atoms with Crippen molar-refractivity contribution in [1.82, 2.24) is 25.5 Å². The van der Waals surface area contributed by atoms with Crippen molar-refractivity contribution in [3.63, 3.8) is 0 Å². The van der Waals surface area contributed by atoms with E-state index >= 15 is 0 Å². The van der Waals surface area contributed by atoms with Crippen molar-refractivity contribution in [2.75, 3.05) is 24.7 Å². The highest BCUT2D eigenvalue weighted by Gasteiger charge is 2.20. The van der Waals surface area contributed by atoms with Gasteiger partial charge in [-0.2, -0.15) is 12.6 Å². The smallest absolute Gasteiger partial charge is 0.120 e. The summed E-state index contributed by atoms with van der Waals surface area (Å²) in [5, 5.41) is 17.5. The van der Waals surface area contributed by atoms with Crippen LogP contribution >= 0.6 is 24.0 Å². The predicted octanol–water partition coefficient (Wildman–Crippen LogP) is 5.15. The van der Waals surface area contributed by atoms with Crippen molar-refractivity contribution in [2.45, 2.75) is 64.3 Å². The number of fused-ring (bicyclic) bond motifs is 1. The molecule has 0 spiro atoms. The third-order valence-corrected chi connectivity index (χ3v) is 6.59. The predicted molar refractivity (Wildman–Crippen MR) is 135 cm³/mol. The molecule has 1 aliphatic carbocycles. The SMILES string of the molecule is CS.Cc1ccc2ncc(NC3CCCNC3)cc2n1.Cc1nnc(C2CCCC2)s1. The maximum Gasteiger partial charge on any atom is 0.120 e. The summed E-state index contributed by atoms with van der Waals surface area (Å²) in [7, 11) is 0.